The van der Waals surface area contributed by atoms with E-state index in [-0.39, 0.29) is 17.9 Å². The topological polar surface area (TPSA) is 49.9 Å². The standard InChI is InChI=1S/C24H30N2O3S/c1-25(2)23(28)24(11-12-26(17-24)22(27)21-5-3-4-13-29-21)15-18-6-8-19(9-7-18)20-10-14-30-16-20/h6-10,14,16,21H,3-5,11-13,15,17H2,1-2H3/t21-,24-/m1/s1. The molecule has 2 atom stereocenters. The van der Waals surface area contributed by atoms with E-state index in [4.69, 9.17) is 4.74 Å². The molecule has 2 aliphatic rings. The first-order valence-electron chi connectivity index (χ1n) is 10.7. The van der Waals surface area contributed by atoms with Gasteiger partial charge in [0.2, 0.25) is 5.91 Å². The van der Waals surface area contributed by atoms with E-state index in [1.54, 1.807) is 30.3 Å². The maximum Gasteiger partial charge on any atom is 0.251 e. The molecule has 1 aromatic carbocycles. The van der Waals surface area contributed by atoms with Crippen molar-refractivity contribution in [3.63, 3.8) is 0 Å². The summed E-state index contributed by atoms with van der Waals surface area (Å²) < 4.78 is 5.71. The predicted molar refractivity (Wildman–Crippen MR) is 119 cm³/mol. The molecule has 2 saturated heterocycles. The minimum absolute atomic E-state index is 0.0518. The van der Waals surface area contributed by atoms with Gasteiger partial charge < -0.3 is 14.5 Å². The van der Waals surface area contributed by atoms with Crippen molar-refractivity contribution in [3.8, 4) is 11.1 Å². The summed E-state index contributed by atoms with van der Waals surface area (Å²) in [5.74, 6) is 0.153. The van der Waals surface area contributed by atoms with Crippen LogP contribution in [0.15, 0.2) is 41.1 Å². The minimum atomic E-state index is -0.572. The maximum absolute atomic E-state index is 13.2. The molecule has 160 valence electrons. The molecule has 0 unspecified atom stereocenters. The van der Waals surface area contributed by atoms with E-state index >= 15 is 0 Å². The Balaban J connectivity index is 1.52. The van der Waals surface area contributed by atoms with Crippen molar-refractivity contribution in [2.45, 2.75) is 38.2 Å². The van der Waals surface area contributed by atoms with E-state index in [9.17, 15) is 9.59 Å². The minimum Gasteiger partial charge on any atom is -0.368 e. The summed E-state index contributed by atoms with van der Waals surface area (Å²) in [5.41, 5.74) is 2.96. The smallest absolute Gasteiger partial charge is 0.251 e. The normalized spacial score (nSPS) is 24.1. The monoisotopic (exact) mass is 426 g/mol. The zero-order chi connectivity index (χ0) is 21.1. The molecule has 2 aliphatic heterocycles. The predicted octanol–water partition coefficient (Wildman–Crippen LogP) is 3.83. The molecule has 30 heavy (non-hydrogen) atoms. The Morgan fingerprint density at radius 3 is 2.60 bits per heavy atom. The number of carbonyl (C=O) groups is 2. The van der Waals surface area contributed by atoms with Gasteiger partial charge in [-0.25, -0.2) is 0 Å². The van der Waals surface area contributed by atoms with Crippen molar-refractivity contribution in [1.29, 1.82) is 0 Å². The van der Waals surface area contributed by atoms with Crippen molar-refractivity contribution in [2.75, 3.05) is 33.8 Å². The van der Waals surface area contributed by atoms with Gasteiger partial charge in [0.05, 0.1) is 5.41 Å². The summed E-state index contributed by atoms with van der Waals surface area (Å²) in [6.45, 7) is 1.74. The molecule has 0 saturated carbocycles. The zero-order valence-electron chi connectivity index (χ0n) is 17.8. The average molecular weight is 427 g/mol. The lowest BCUT2D eigenvalue weighted by Crippen LogP contribution is -2.46. The lowest BCUT2D eigenvalue weighted by Gasteiger charge is -2.32. The number of hydrogen-bond donors (Lipinski definition) is 0. The molecule has 6 heteroatoms. The zero-order valence-corrected chi connectivity index (χ0v) is 18.6. The quantitative estimate of drug-likeness (QED) is 0.730. The third kappa shape index (κ3) is 4.30. The number of benzene rings is 1. The molecule has 0 aliphatic carbocycles. The Bertz CT molecular complexity index is 872. The van der Waals surface area contributed by atoms with Gasteiger partial charge in [-0.1, -0.05) is 24.3 Å². The van der Waals surface area contributed by atoms with E-state index in [1.165, 1.54) is 11.1 Å². The first-order chi connectivity index (χ1) is 14.5. The average Bonchev–Trinajstić information content (AvgIpc) is 3.45. The summed E-state index contributed by atoms with van der Waals surface area (Å²) in [6, 6.07) is 10.6. The Hall–Kier alpha value is -2.18. The van der Waals surface area contributed by atoms with Crippen LogP contribution in [0.5, 0.6) is 0 Å². The number of rotatable bonds is 5. The molecule has 1 aromatic heterocycles. The van der Waals surface area contributed by atoms with Gasteiger partial charge in [0.15, 0.2) is 0 Å². The highest BCUT2D eigenvalue weighted by molar-refractivity contribution is 7.08. The highest BCUT2D eigenvalue weighted by Gasteiger charge is 2.47. The molecule has 2 aromatic rings. The molecule has 3 heterocycles. The Labute approximate surface area is 182 Å². The van der Waals surface area contributed by atoms with Gasteiger partial charge in [-0.3, -0.25) is 9.59 Å². The van der Waals surface area contributed by atoms with Crippen molar-refractivity contribution in [2.24, 2.45) is 5.41 Å². The number of amides is 2. The Kier molecular flexibility index (Phi) is 6.25. The fourth-order valence-corrected chi connectivity index (χ4v) is 5.37. The molecule has 0 N–H and O–H groups in total. The second-order valence-electron chi connectivity index (χ2n) is 8.73. The molecule has 0 radical (unpaired) electrons. The number of thiophene rings is 1. The van der Waals surface area contributed by atoms with E-state index in [0.717, 1.165) is 24.8 Å². The largest absolute Gasteiger partial charge is 0.368 e. The third-order valence-corrected chi connectivity index (χ3v) is 7.01. The Morgan fingerprint density at radius 1 is 1.17 bits per heavy atom. The van der Waals surface area contributed by atoms with Crippen LogP contribution in [0.4, 0.5) is 0 Å². The number of likely N-dealkylation sites (tertiary alicyclic amines) is 1. The van der Waals surface area contributed by atoms with Gasteiger partial charge in [-0.15, -0.1) is 0 Å². The van der Waals surface area contributed by atoms with Crippen LogP contribution in [-0.2, 0) is 20.7 Å². The lowest BCUT2D eigenvalue weighted by atomic mass is 9.79. The van der Waals surface area contributed by atoms with Crippen LogP contribution in [0.3, 0.4) is 0 Å². The van der Waals surface area contributed by atoms with Crippen molar-refractivity contribution in [1.82, 2.24) is 9.80 Å². The van der Waals surface area contributed by atoms with Crippen LogP contribution < -0.4 is 0 Å². The fourth-order valence-electron chi connectivity index (χ4n) is 4.70. The summed E-state index contributed by atoms with van der Waals surface area (Å²) in [5, 5.41) is 4.22. The SMILES string of the molecule is CN(C)C(=O)[C@@]1(Cc2ccc(-c3ccsc3)cc2)CCN(C(=O)[C@H]2CCCCO2)C1. The van der Waals surface area contributed by atoms with Gasteiger partial charge in [-0.2, -0.15) is 11.3 Å². The van der Waals surface area contributed by atoms with Crippen LogP contribution in [-0.4, -0.2) is 61.5 Å². The first kappa shape index (κ1) is 21.1. The molecular formula is C24H30N2O3S. The molecule has 2 fully saturated rings. The van der Waals surface area contributed by atoms with Gasteiger partial charge in [0.1, 0.15) is 6.10 Å². The molecule has 0 spiro atoms. The lowest BCUT2D eigenvalue weighted by molar-refractivity contribution is -0.147. The van der Waals surface area contributed by atoms with E-state index in [2.05, 4.69) is 41.1 Å². The van der Waals surface area contributed by atoms with Gasteiger partial charge in [0, 0.05) is 33.8 Å². The first-order valence-corrected chi connectivity index (χ1v) is 11.7. The van der Waals surface area contributed by atoms with Gasteiger partial charge >= 0.3 is 0 Å². The number of nitrogens with zero attached hydrogens (tertiary/aromatic N) is 2. The molecular weight excluding hydrogens is 396 g/mol. The second kappa shape index (κ2) is 8.90. The Morgan fingerprint density at radius 2 is 1.97 bits per heavy atom. The van der Waals surface area contributed by atoms with Crippen molar-refractivity contribution < 1.29 is 14.3 Å². The third-order valence-electron chi connectivity index (χ3n) is 6.33. The molecule has 0 bridgehead atoms. The highest BCUT2D eigenvalue weighted by atomic mass is 32.1. The van der Waals surface area contributed by atoms with E-state index < -0.39 is 5.41 Å². The summed E-state index contributed by atoms with van der Waals surface area (Å²) in [7, 11) is 3.61. The van der Waals surface area contributed by atoms with Crippen LogP contribution in [0.2, 0.25) is 0 Å². The maximum atomic E-state index is 13.2. The van der Waals surface area contributed by atoms with Crippen LogP contribution in [0, 0.1) is 5.41 Å². The van der Waals surface area contributed by atoms with Gasteiger partial charge in [0.25, 0.3) is 5.91 Å². The number of carbonyl (C=O) groups excluding carboxylic acids is 2. The van der Waals surface area contributed by atoms with E-state index in [0.29, 0.717) is 32.5 Å². The number of hydrogen-bond acceptors (Lipinski definition) is 4. The van der Waals surface area contributed by atoms with Crippen LogP contribution >= 0.6 is 11.3 Å². The summed E-state index contributed by atoms with van der Waals surface area (Å²) in [4.78, 5) is 29.7. The summed E-state index contributed by atoms with van der Waals surface area (Å²) in [6.07, 6.45) is 3.83. The van der Waals surface area contributed by atoms with Crippen LogP contribution in [0.1, 0.15) is 31.2 Å². The second-order valence-corrected chi connectivity index (χ2v) is 9.51. The molecule has 2 amide bonds. The van der Waals surface area contributed by atoms with E-state index in [1.807, 2.05) is 4.90 Å². The number of ether oxygens (including phenoxy) is 1. The highest BCUT2D eigenvalue weighted by Crippen LogP contribution is 2.37. The molecule has 4 rings (SSSR count). The van der Waals surface area contributed by atoms with Gasteiger partial charge in [-0.05, 0) is 65.6 Å². The summed E-state index contributed by atoms with van der Waals surface area (Å²) >= 11 is 1.69. The fraction of sp³-hybridized carbons (Fsp3) is 0.500. The van der Waals surface area contributed by atoms with Crippen molar-refractivity contribution >= 4 is 23.2 Å². The molecule has 5 nitrogen and oxygen atoms in total. The van der Waals surface area contributed by atoms with Crippen molar-refractivity contribution in [3.05, 3.63) is 46.7 Å². The van der Waals surface area contributed by atoms with Crippen LogP contribution in [0.25, 0.3) is 11.1 Å².